The van der Waals surface area contributed by atoms with Crippen LogP contribution in [-0.2, 0) is 19.1 Å². The Bertz CT molecular complexity index is 840. The van der Waals surface area contributed by atoms with Crippen molar-refractivity contribution in [3.63, 3.8) is 0 Å². The van der Waals surface area contributed by atoms with Gasteiger partial charge in [0.25, 0.3) is 0 Å². The minimum absolute atomic E-state index is 0.354. The number of aromatic nitrogens is 2. The molecule has 0 atom stereocenters. The molecule has 0 fully saturated rings. The topological polar surface area (TPSA) is 17.8 Å². The third-order valence-electron chi connectivity index (χ3n) is 3.66. The third kappa shape index (κ3) is 4.06. The van der Waals surface area contributed by atoms with Crippen LogP contribution in [0.2, 0.25) is 0 Å². The van der Waals surface area contributed by atoms with E-state index >= 15 is 0 Å². The Labute approximate surface area is 146 Å². The number of nitrogens with zero attached hydrogens (tertiary/aromatic N) is 2. The Morgan fingerprint density at radius 3 is 2.50 bits per heavy atom. The average Bonchev–Trinajstić information content (AvgIpc) is 2.94. The molecule has 2 aromatic carbocycles. The van der Waals surface area contributed by atoms with Crippen LogP contribution in [0, 0.1) is 0 Å². The maximum absolute atomic E-state index is 12.8. The van der Waals surface area contributed by atoms with Gasteiger partial charge in [0.2, 0.25) is 0 Å². The van der Waals surface area contributed by atoms with Gasteiger partial charge in [-0.05, 0) is 35.4 Å². The van der Waals surface area contributed by atoms with Gasteiger partial charge in [0.15, 0.2) is 0 Å². The number of alkyl halides is 3. The second-order valence-corrected chi connectivity index (χ2v) is 6.39. The summed E-state index contributed by atoms with van der Waals surface area (Å²) in [6, 6.07) is 13.3. The van der Waals surface area contributed by atoms with Crippen LogP contribution >= 0.6 is 15.9 Å². The van der Waals surface area contributed by atoms with E-state index in [9.17, 15) is 13.2 Å². The maximum Gasteiger partial charge on any atom is 0.416 e. The van der Waals surface area contributed by atoms with Crippen LogP contribution in [0.3, 0.4) is 0 Å². The predicted octanol–water partition coefficient (Wildman–Crippen LogP) is 5.30. The summed E-state index contributed by atoms with van der Waals surface area (Å²) >= 11 is 3.43. The van der Waals surface area contributed by atoms with Gasteiger partial charge in [-0.15, -0.1) is 0 Å². The number of benzene rings is 2. The van der Waals surface area contributed by atoms with E-state index in [1.54, 1.807) is 18.5 Å². The van der Waals surface area contributed by atoms with Gasteiger partial charge < -0.3 is 4.57 Å². The van der Waals surface area contributed by atoms with Crippen molar-refractivity contribution in [2.75, 3.05) is 0 Å². The largest absolute Gasteiger partial charge is 0.416 e. The van der Waals surface area contributed by atoms with E-state index in [1.165, 1.54) is 12.1 Å². The fourth-order valence-electron chi connectivity index (χ4n) is 2.52. The molecule has 24 heavy (non-hydrogen) atoms. The lowest BCUT2D eigenvalue weighted by atomic mass is 10.1. The number of rotatable bonds is 4. The van der Waals surface area contributed by atoms with E-state index in [1.807, 2.05) is 28.8 Å². The van der Waals surface area contributed by atoms with Crippen molar-refractivity contribution in [2.45, 2.75) is 19.1 Å². The summed E-state index contributed by atoms with van der Waals surface area (Å²) in [5.41, 5.74) is 1.05. The molecule has 0 aliphatic carbocycles. The van der Waals surface area contributed by atoms with Gasteiger partial charge in [-0.25, -0.2) is 4.98 Å². The first kappa shape index (κ1) is 16.8. The van der Waals surface area contributed by atoms with Gasteiger partial charge in [0.05, 0.1) is 5.56 Å². The quantitative estimate of drug-likeness (QED) is 0.586. The predicted molar refractivity (Wildman–Crippen MR) is 89.7 cm³/mol. The molecule has 3 rings (SSSR count). The van der Waals surface area contributed by atoms with Gasteiger partial charge in [-0.1, -0.05) is 40.2 Å². The summed E-state index contributed by atoms with van der Waals surface area (Å²) < 4.78 is 41.3. The highest BCUT2D eigenvalue weighted by molar-refractivity contribution is 9.10. The molecular formula is C18H14BrF3N2. The molecule has 6 heteroatoms. The van der Waals surface area contributed by atoms with Crippen LogP contribution in [0.25, 0.3) is 0 Å². The molecule has 0 amide bonds. The first-order valence-electron chi connectivity index (χ1n) is 7.32. The van der Waals surface area contributed by atoms with E-state index in [-0.39, 0.29) is 0 Å². The molecule has 0 radical (unpaired) electrons. The molecular weight excluding hydrogens is 381 g/mol. The van der Waals surface area contributed by atoms with E-state index in [4.69, 9.17) is 0 Å². The minimum atomic E-state index is -4.33. The molecule has 2 nitrogen and oxygen atoms in total. The van der Waals surface area contributed by atoms with E-state index in [0.29, 0.717) is 18.5 Å². The van der Waals surface area contributed by atoms with Gasteiger partial charge in [0, 0.05) is 29.8 Å². The lowest BCUT2D eigenvalue weighted by molar-refractivity contribution is -0.137. The molecule has 0 saturated heterocycles. The van der Waals surface area contributed by atoms with Crippen molar-refractivity contribution in [3.05, 3.63) is 87.9 Å². The van der Waals surface area contributed by atoms with Gasteiger partial charge in [-0.2, -0.15) is 13.2 Å². The summed E-state index contributed by atoms with van der Waals surface area (Å²) in [7, 11) is 0. The molecule has 0 N–H and O–H groups in total. The Morgan fingerprint density at radius 1 is 1.00 bits per heavy atom. The van der Waals surface area contributed by atoms with Crippen molar-refractivity contribution in [1.82, 2.24) is 9.55 Å². The van der Waals surface area contributed by atoms with Crippen LogP contribution in [-0.4, -0.2) is 9.55 Å². The van der Waals surface area contributed by atoms with E-state index in [0.717, 1.165) is 21.9 Å². The smallest absolute Gasteiger partial charge is 0.330 e. The van der Waals surface area contributed by atoms with E-state index in [2.05, 4.69) is 20.9 Å². The molecule has 0 unspecified atom stereocenters. The van der Waals surface area contributed by atoms with Crippen molar-refractivity contribution in [3.8, 4) is 0 Å². The van der Waals surface area contributed by atoms with Crippen LogP contribution < -0.4 is 0 Å². The number of hydrogen-bond acceptors (Lipinski definition) is 1. The first-order chi connectivity index (χ1) is 11.4. The van der Waals surface area contributed by atoms with Gasteiger partial charge in [-0.3, -0.25) is 0 Å². The minimum Gasteiger partial charge on any atom is -0.330 e. The summed E-state index contributed by atoms with van der Waals surface area (Å²) in [5, 5.41) is 0. The summed E-state index contributed by atoms with van der Waals surface area (Å²) in [6.45, 7) is 0.354. The fraction of sp³-hybridized carbons (Fsp3) is 0.167. The number of hydrogen-bond donors (Lipinski definition) is 0. The van der Waals surface area contributed by atoms with Crippen molar-refractivity contribution >= 4 is 15.9 Å². The zero-order chi connectivity index (χ0) is 17.2. The monoisotopic (exact) mass is 394 g/mol. The molecule has 3 aromatic rings. The Balaban J connectivity index is 1.81. The Kier molecular flexibility index (Phi) is 4.76. The second-order valence-electron chi connectivity index (χ2n) is 5.48. The maximum atomic E-state index is 12.8. The SMILES string of the molecule is FC(F)(F)c1cccc(Cn2ccnc2Cc2cccc(Br)c2)c1. The first-order valence-corrected chi connectivity index (χ1v) is 8.12. The molecule has 0 saturated carbocycles. The fourth-order valence-corrected chi connectivity index (χ4v) is 2.97. The van der Waals surface area contributed by atoms with Gasteiger partial charge in [0.1, 0.15) is 5.82 Å². The molecule has 0 bridgehead atoms. The number of halogens is 4. The van der Waals surface area contributed by atoms with Crippen LogP contribution in [0.15, 0.2) is 65.4 Å². The van der Waals surface area contributed by atoms with Crippen LogP contribution in [0.5, 0.6) is 0 Å². The Morgan fingerprint density at radius 2 is 1.75 bits per heavy atom. The summed E-state index contributed by atoms with van der Waals surface area (Å²) in [4.78, 5) is 4.33. The van der Waals surface area contributed by atoms with Crippen molar-refractivity contribution < 1.29 is 13.2 Å². The highest BCUT2D eigenvalue weighted by atomic mass is 79.9. The lowest BCUT2D eigenvalue weighted by Gasteiger charge is -2.11. The lowest BCUT2D eigenvalue weighted by Crippen LogP contribution is -2.08. The van der Waals surface area contributed by atoms with E-state index < -0.39 is 11.7 Å². The highest BCUT2D eigenvalue weighted by Gasteiger charge is 2.30. The van der Waals surface area contributed by atoms with Crippen LogP contribution in [0.4, 0.5) is 13.2 Å². The normalized spacial score (nSPS) is 11.7. The van der Waals surface area contributed by atoms with Crippen molar-refractivity contribution in [1.29, 1.82) is 0 Å². The second kappa shape index (κ2) is 6.81. The molecule has 124 valence electrons. The molecule has 1 heterocycles. The molecule has 0 aliphatic heterocycles. The van der Waals surface area contributed by atoms with Gasteiger partial charge >= 0.3 is 6.18 Å². The third-order valence-corrected chi connectivity index (χ3v) is 4.15. The average molecular weight is 395 g/mol. The van der Waals surface area contributed by atoms with Crippen molar-refractivity contribution in [2.24, 2.45) is 0 Å². The molecule has 1 aromatic heterocycles. The number of imidazole rings is 1. The molecule has 0 spiro atoms. The van der Waals surface area contributed by atoms with Crippen LogP contribution in [0.1, 0.15) is 22.5 Å². The zero-order valence-corrected chi connectivity index (χ0v) is 14.2. The highest BCUT2D eigenvalue weighted by Crippen LogP contribution is 2.29. The summed E-state index contributed by atoms with van der Waals surface area (Å²) in [5.74, 6) is 0.811. The molecule has 0 aliphatic rings. The Hall–Kier alpha value is -2.08. The summed E-state index contributed by atoms with van der Waals surface area (Å²) in [6.07, 6.45) is -0.260. The standard InChI is InChI=1S/C18H14BrF3N2/c19-16-6-2-3-13(10-16)11-17-23-7-8-24(17)12-14-4-1-5-15(9-14)18(20,21)22/h1-10H,11-12H2. The zero-order valence-electron chi connectivity index (χ0n) is 12.6.